The summed E-state index contributed by atoms with van der Waals surface area (Å²) >= 11 is 5.68. The summed E-state index contributed by atoms with van der Waals surface area (Å²) in [5.74, 6) is -0.274. The molecule has 2 rings (SSSR count). The third-order valence-corrected chi connectivity index (χ3v) is 2.38. The Morgan fingerprint density at radius 1 is 1.56 bits per heavy atom. The van der Waals surface area contributed by atoms with Gasteiger partial charge < -0.3 is 10.2 Å². The quantitative estimate of drug-likeness (QED) is 0.657. The molecule has 0 unspecified atom stereocenters. The molecule has 2 aromatic rings. The summed E-state index contributed by atoms with van der Waals surface area (Å²) in [6.07, 6.45) is 0. The molecule has 90 valence electrons. The van der Waals surface area contributed by atoms with Gasteiger partial charge in [0.15, 0.2) is 0 Å². The van der Waals surface area contributed by atoms with Crippen molar-refractivity contribution in [1.82, 2.24) is 4.98 Å². The number of nitrogens with zero attached hydrogens (tertiary/aromatic N) is 3. The maximum Gasteiger partial charge on any atom is 0.283 e. The molecule has 7 nitrogen and oxygen atoms in total. The highest BCUT2D eigenvalue weighted by Gasteiger charge is 2.21. The molecule has 2 N–H and O–H groups in total. The predicted octanol–water partition coefficient (Wildman–Crippen LogP) is 2.36. The number of nitrogens with two attached hydrogens (primary N) is 1. The molecule has 0 spiro atoms. The number of aromatic nitrogens is 1. The topological polar surface area (TPSA) is 119 Å². The van der Waals surface area contributed by atoms with Crippen LogP contribution in [0.3, 0.4) is 0 Å². The molecule has 0 saturated carbocycles. The van der Waals surface area contributed by atoms with E-state index in [1.54, 1.807) is 6.07 Å². The van der Waals surface area contributed by atoms with Crippen LogP contribution in [0.25, 0.3) is 11.5 Å². The molecule has 8 heteroatoms. The first-order valence-corrected chi connectivity index (χ1v) is 5.01. The van der Waals surface area contributed by atoms with Crippen molar-refractivity contribution in [3.8, 4) is 17.5 Å². The molecule has 0 radical (unpaired) electrons. The number of hydrogen-bond acceptors (Lipinski definition) is 6. The zero-order valence-corrected chi connectivity index (χ0v) is 9.51. The predicted molar refractivity (Wildman–Crippen MR) is 62.7 cm³/mol. The standard InChI is InChI=1S/C10H5ClN4O3/c11-5-1-2-6(8(3-5)15(16)17)10-14-7(4-12)9(13)18-10/h1-3H,13H2. The van der Waals surface area contributed by atoms with Crippen LogP contribution in [0.5, 0.6) is 0 Å². The van der Waals surface area contributed by atoms with E-state index in [4.69, 9.17) is 27.0 Å². The largest absolute Gasteiger partial charge is 0.419 e. The highest BCUT2D eigenvalue weighted by Crippen LogP contribution is 2.33. The van der Waals surface area contributed by atoms with Gasteiger partial charge in [0.05, 0.1) is 4.92 Å². The Bertz CT molecular complexity index is 674. The fourth-order valence-corrected chi connectivity index (χ4v) is 1.53. The van der Waals surface area contributed by atoms with Crippen molar-refractivity contribution in [3.05, 3.63) is 39.0 Å². The number of nitrogen functional groups attached to an aromatic ring is 1. The lowest BCUT2D eigenvalue weighted by atomic mass is 10.2. The first-order chi connectivity index (χ1) is 8.52. The second-order valence-corrected chi connectivity index (χ2v) is 3.70. The summed E-state index contributed by atoms with van der Waals surface area (Å²) in [5.41, 5.74) is 5.12. The van der Waals surface area contributed by atoms with Gasteiger partial charge in [-0.1, -0.05) is 11.6 Å². The highest BCUT2D eigenvalue weighted by atomic mass is 35.5. The first kappa shape index (κ1) is 11.9. The normalized spacial score (nSPS) is 10.0. The number of benzene rings is 1. The monoisotopic (exact) mass is 264 g/mol. The van der Waals surface area contributed by atoms with Crippen molar-refractivity contribution in [2.45, 2.75) is 0 Å². The van der Waals surface area contributed by atoms with Gasteiger partial charge in [-0.25, -0.2) is 0 Å². The van der Waals surface area contributed by atoms with Crippen molar-refractivity contribution >= 4 is 23.2 Å². The van der Waals surface area contributed by atoms with Crippen LogP contribution < -0.4 is 5.73 Å². The fourth-order valence-electron chi connectivity index (χ4n) is 1.36. The average Bonchev–Trinajstić information content (AvgIpc) is 2.70. The number of nitro groups is 1. The van der Waals surface area contributed by atoms with Crippen molar-refractivity contribution < 1.29 is 9.34 Å². The molecule has 0 bridgehead atoms. The Balaban J connectivity index is 2.63. The summed E-state index contributed by atoms with van der Waals surface area (Å²) in [5, 5.41) is 19.8. The number of hydrogen-bond donors (Lipinski definition) is 1. The average molecular weight is 265 g/mol. The van der Waals surface area contributed by atoms with Crippen LogP contribution in [-0.4, -0.2) is 9.91 Å². The molecular formula is C10H5ClN4O3. The minimum atomic E-state index is -0.617. The van der Waals surface area contributed by atoms with Gasteiger partial charge >= 0.3 is 0 Å². The maximum absolute atomic E-state index is 10.9. The highest BCUT2D eigenvalue weighted by molar-refractivity contribution is 6.30. The van der Waals surface area contributed by atoms with Gasteiger partial charge in [-0.2, -0.15) is 10.2 Å². The molecule has 0 fully saturated rings. The maximum atomic E-state index is 10.9. The number of oxazole rings is 1. The second kappa shape index (κ2) is 4.35. The summed E-state index contributed by atoms with van der Waals surface area (Å²) in [6, 6.07) is 5.73. The molecule has 0 atom stereocenters. The molecule has 0 aliphatic carbocycles. The zero-order chi connectivity index (χ0) is 13.3. The Kier molecular flexibility index (Phi) is 2.87. The van der Waals surface area contributed by atoms with E-state index in [1.807, 2.05) is 0 Å². The molecule has 0 aliphatic rings. The molecule has 0 saturated heterocycles. The van der Waals surface area contributed by atoms with E-state index in [1.165, 1.54) is 18.2 Å². The fraction of sp³-hybridized carbons (Fsp3) is 0. The van der Waals surface area contributed by atoms with Crippen molar-refractivity contribution in [3.63, 3.8) is 0 Å². The lowest BCUT2D eigenvalue weighted by Gasteiger charge is -1.98. The van der Waals surface area contributed by atoms with Crippen molar-refractivity contribution in [2.24, 2.45) is 0 Å². The van der Waals surface area contributed by atoms with E-state index in [0.29, 0.717) is 0 Å². The van der Waals surface area contributed by atoms with Crippen LogP contribution >= 0.6 is 11.6 Å². The minimum Gasteiger partial charge on any atom is -0.419 e. The second-order valence-electron chi connectivity index (χ2n) is 3.26. The van der Waals surface area contributed by atoms with Crippen LogP contribution in [0.1, 0.15) is 5.69 Å². The van der Waals surface area contributed by atoms with Gasteiger partial charge in [0.25, 0.3) is 5.69 Å². The van der Waals surface area contributed by atoms with Gasteiger partial charge in [-0.15, -0.1) is 0 Å². The van der Waals surface area contributed by atoms with Crippen LogP contribution in [0.2, 0.25) is 5.02 Å². The first-order valence-electron chi connectivity index (χ1n) is 4.63. The van der Waals surface area contributed by atoms with Gasteiger partial charge in [0.1, 0.15) is 11.6 Å². The number of nitriles is 1. The lowest BCUT2D eigenvalue weighted by molar-refractivity contribution is -0.384. The van der Waals surface area contributed by atoms with Gasteiger partial charge in [-0.05, 0) is 12.1 Å². The summed E-state index contributed by atoms with van der Waals surface area (Å²) in [4.78, 5) is 14.0. The Labute approximate surface area is 106 Å². The SMILES string of the molecule is N#Cc1nc(-c2ccc(Cl)cc2[N+](=O)[O-])oc1N. The summed E-state index contributed by atoms with van der Waals surface area (Å²) in [7, 11) is 0. The molecule has 1 aromatic carbocycles. The molecule has 1 aromatic heterocycles. The smallest absolute Gasteiger partial charge is 0.283 e. The molecular weight excluding hydrogens is 260 g/mol. The van der Waals surface area contributed by atoms with E-state index in [0.717, 1.165) is 0 Å². The van der Waals surface area contributed by atoms with Crippen LogP contribution in [-0.2, 0) is 0 Å². The van der Waals surface area contributed by atoms with Crippen LogP contribution in [0, 0.1) is 21.4 Å². The van der Waals surface area contributed by atoms with Crippen LogP contribution in [0.15, 0.2) is 22.6 Å². The molecule has 0 amide bonds. The zero-order valence-electron chi connectivity index (χ0n) is 8.75. The third kappa shape index (κ3) is 1.97. The van der Waals surface area contributed by atoms with Gasteiger partial charge in [0.2, 0.25) is 17.5 Å². The third-order valence-electron chi connectivity index (χ3n) is 2.15. The van der Waals surface area contributed by atoms with E-state index >= 15 is 0 Å². The van der Waals surface area contributed by atoms with Crippen LogP contribution in [0.4, 0.5) is 11.6 Å². The van der Waals surface area contributed by atoms with E-state index in [9.17, 15) is 10.1 Å². The van der Waals surface area contributed by atoms with E-state index in [-0.39, 0.29) is 33.7 Å². The van der Waals surface area contributed by atoms with E-state index in [2.05, 4.69) is 4.98 Å². The summed E-state index contributed by atoms with van der Waals surface area (Å²) in [6.45, 7) is 0. The van der Waals surface area contributed by atoms with Gasteiger partial charge in [0, 0.05) is 11.1 Å². The van der Waals surface area contributed by atoms with Crippen molar-refractivity contribution in [2.75, 3.05) is 5.73 Å². The number of anilines is 1. The number of halogens is 1. The molecule has 18 heavy (non-hydrogen) atoms. The lowest BCUT2D eigenvalue weighted by Crippen LogP contribution is -1.92. The summed E-state index contributed by atoms with van der Waals surface area (Å²) < 4.78 is 5.02. The minimum absolute atomic E-state index is 0.0904. The number of nitro benzene ring substituents is 1. The van der Waals surface area contributed by atoms with Crippen molar-refractivity contribution in [1.29, 1.82) is 5.26 Å². The Hall–Kier alpha value is -2.59. The van der Waals surface area contributed by atoms with E-state index < -0.39 is 4.92 Å². The Morgan fingerprint density at radius 3 is 2.83 bits per heavy atom. The Morgan fingerprint density at radius 2 is 2.28 bits per heavy atom. The number of rotatable bonds is 2. The van der Waals surface area contributed by atoms with Gasteiger partial charge in [-0.3, -0.25) is 10.1 Å². The molecule has 0 aliphatic heterocycles. The molecule has 1 heterocycles.